The van der Waals surface area contributed by atoms with E-state index in [1.165, 1.54) is 19.5 Å². The maximum Gasteiger partial charge on any atom is 0.255 e. The molecule has 1 aliphatic rings. The second-order valence-corrected chi connectivity index (χ2v) is 7.73. The number of nitrogens with one attached hydrogen (secondary N) is 1. The molecule has 128 valence electrons. The first-order valence-corrected chi connectivity index (χ1v) is 9.32. The van der Waals surface area contributed by atoms with Crippen LogP contribution in [0.25, 0.3) is 0 Å². The molecule has 0 aliphatic carbocycles. The maximum atomic E-state index is 12.5. The fourth-order valence-corrected chi connectivity index (χ4v) is 3.72. The zero-order valence-electron chi connectivity index (χ0n) is 13.4. The summed E-state index contributed by atoms with van der Waals surface area (Å²) in [5.41, 5.74) is 1.05. The van der Waals surface area contributed by atoms with Gasteiger partial charge in [-0.1, -0.05) is 0 Å². The molecule has 2 aromatic rings. The molecule has 8 nitrogen and oxygen atoms in total. The molecule has 1 aliphatic heterocycles. The van der Waals surface area contributed by atoms with E-state index in [4.69, 9.17) is 4.74 Å². The van der Waals surface area contributed by atoms with E-state index in [1.54, 1.807) is 17.0 Å². The lowest BCUT2D eigenvalue weighted by Gasteiger charge is -2.16. The first-order chi connectivity index (χ1) is 11.4. The summed E-state index contributed by atoms with van der Waals surface area (Å²) in [6, 6.07) is 3.30. The Hall–Kier alpha value is -2.42. The summed E-state index contributed by atoms with van der Waals surface area (Å²) in [5.74, 6) is 0.238. The Morgan fingerprint density at radius 3 is 2.79 bits per heavy atom. The van der Waals surface area contributed by atoms with Crippen molar-refractivity contribution in [2.24, 2.45) is 0 Å². The molecule has 3 rings (SSSR count). The second-order valence-electron chi connectivity index (χ2n) is 5.75. The number of ether oxygens (including phenoxy) is 1. The molecule has 1 N–H and O–H groups in total. The third-order valence-corrected chi connectivity index (χ3v) is 5.23. The standard InChI is InChI=1S/C15H18N4O4S/c1-23-13-4-3-10(7-16-13)15(20)19-6-5-11(9-19)14-12(8-17-18-14)24(2,21)22/h3-4,7-8,11H,5-6,9H2,1-2H3,(H,17,18). The van der Waals surface area contributed by atoms with Crippen LogP contribution in [-0.2, 0) is 9.84 Å². The molecule has 1 atom stereocenters. The number of sulfone groups is 1. The van der Waals surface area contributed by atoms with Crippen LogP contribution in [0, 0.1) is 0 Å². The van der Waals surface area contributed by atoms with E-state index in [2.05, 4.69) is 15.2 Å². The number of H-pyrrole nitrogens is 1. The lowest BCUT2D eigenvalue weighted by Crippen LogP contribution is -2.28. The number of hydrogen-bond donors (Lipinski definition) is 1. The molecule has 24 heavy (non-hydrogen) atoms. The van der Waals surface area contributed by atoms with Gasteiger partial charge in [0.2, 0.25) is 5.88 Å². The van der Waals surface area contributed by atoms with E-state index >= 15 is 0 Å². The van der Waals surface area contributed by atoms with Gasteiger partial charge in [0.25, 0.3) is 5.91 Å². The zero-order chi connectivity index (χ0) is 17.3. The topological polar surface area (TPSA) is 105 Å². The largest absolute Gasteiger partial charge is 0.481 e. The van der Waals surface area contributed by atoms with Crippen LogP contribution in [0.3, 0.4) is 0 Å². The van der Waals surface area contributed by atoms with E-state index in [1.807, 2.05) is 0 Å². The minimum atomic E-state index is -3.35. The first-order valence-electron chi connectivity index (χ1n) is 7.43. The van der Waals surface area contributed by atoms with Crippen molar-refractivity contribution in [3.8, 4) is 5.88 Å². The highest BCUT2D eigenvalue weighted by Crippen LogP contribution is 2.30. The van der Waals surface area contributed by atoms with Crippen LogP contribution in [0.15, 0.2) is 29.4 Å². The Morgan fingerprint density at radius 2 is 2.17 bits per heavy atom. The third kappa shape index (κ3) is 3.12. The normalized spacial score (nSPS) is 17.9. The lowest BCUT2D eigenvalue weighted by molar-refractivity contribution is 0.0790. The van der Waals surface area contributed by atoms with E-state index in [0.717, 1.165) is 6.26 Å². The van der Waals surface area contributed by atoms with E-state index < -0.39 is 9.84 Å². The molecule has 0 spiro atoms. The number of pyridine rings is 1. The van der Waals surface area contributed by atoms with Crippen molar-refractivity contribution in [2.75, 3.05) is 26.5 Å². The van der Waals surface area contributed by atoms with Gasteiger partial charge in [0.1, 0.15) is 4.90 Å². The van der Waals surface area contributed by atoms with Gasteiger partial charge in [0.15, 0.2) is 9.84 Å². The molecule has 0 aromatic carbocycles. The van der Waals surface area contributed by atoms with Crippen molar-refractivity contribution in [1.29, 1.82) is 0 Å². The molecular weight excluding hydrogens is 332 g/mol. The summed E-state index contributed by atoms with van der Waals surface area (Å²) in [5, 5.41) is 6.62. The highest BCUT2D eigenvalue weighted by molar-refractivity contribution is 7.90. The third-order valence-electron chi connectivity index (χ3n) is 4.11. The Morgan fingerprint density at radius 1 is 1.38 bits per heavy atom. The summed E-state index contributed by atoms with van der Waals surface area (Å²) in [7, 11) is -1.83. The van der Waals surface area contributed by atoms with Gasteiger partial charge < -0.3 is 9.64 Å². The maximum absolute atomic E-state index is 12.5. The molecule has 1 unspecified atom stereocenters. The van der Waals surface area contributed by atoms with Crippen LogP contribution in [0.4, 0.5) is 0 Å². The predicted octanol–water partition coefficient (Wildman–Crippen LogP) is 0.846. The lowest BCUT2D eigenvalue weighted by atomic mass is 10.1. The van der Waals surface area contributed by atoms with Crippen LogP contribution < -0.4 is 4.74 Å². The Balaban J connectivity index is 1.75. The molecular formula is C15H18N4O4S. The van der Waals surface area contributed by atoms with Gasteiger partial charge >= 0.3 is 0 Å². The summed E-state index contributed by atoms with van der Waals surface area (Å²) in [4.78, 5) is 18.5. The summed E-state index contributed by atoms with van der Waals surface area (Å²) in [6.45, 7) is 0.993. The van der Waals surface area contributed by atoms with Crippen molar-refractivity contribution < 1.29 is 17.9 Å². The fraction of sp³-hybridized carbons (Fsp3) is 0.400. The minimum absolute atomic E-state index is 0.0765. The number of carbonyl (C=O) groups is 1. The first kappa shape index (κ1) is 16.4. The Labute approximate surface area is 139 Å². The predicted molar refractivity (Wildman–Crippen MR) is 85.7 cm³/mol. The summed E-state index contributed by atoms with van der Waals surface area (Å²) < 4.78 is 28.6. The van der Waals surface area contributed by atoms with Gasteiger partial charge in [0, 0.05) is 37.5 Å². The molecule has 0 bridgehead atoms. The number of amides is 1. The van der Waals surface area contributed by atoms with Gasteiger partial charge in [-0.05, 0) is 12.5 Å². The van der Waals surface area contributed by atoms with Crippen LogP contribution in [0.1, 0.15) is 28.4 Å². The van der Waals surface area contributed by atoms with Crippen LogP contribution in [0.5, 0.6) is 5.88 Å². The molecule has 1 fully saturated rings. The van der Waals surface area contributed by atoms with Gasteiger partial charge in [0.05, 0.1) is 24.6 Å². The monoisotopic (exact) mass is 350 g/mol. The minimum Gasteiger partial charge on any atom is -0.481 e. The van der Waals surface area contributed by atoms with Crippen molar-refractivity contribution in [2.45, 2.75) is 17.2 Å². The number of rotatable bonds is 4. The Kier molecular flexibility index (Phi) is 4.27. The smallest absolute Gasteiger partial charge is 0.255 e. The number of hydrogen-bond acceptors (Lipinski definition) is 6. The average Bonchev–Trinajstić information content (AvgIpc) is 3.22. The number of methoxy groups -OCH3 is 1. The molecule has 0 saturated carbocycles. The number of aromatic amines is 1. The summed E-state index contributed by atoms with van der Waals surface area (Å²) >= 11 is 0. The van der Waals surface area contributed by atoms with Gasteiger partial charge in [-0.3, -0.25) is 9.89 Å². The highest BCUT2D eigenvalue weighted by Gasteiger charge is 2.32. The van der Waals surface area contributed by atoms with Crippen LogP contribution in [0.2, 0.25) is 0 Å². The van der Waals surface area contributed by atoms with E-state index in [9.17, 15) is 13.2 Å². The van der Waals surface area contributed by atoms with Crippen LogP contribution in [-0.4, -0.2) is 60.9 Å². The van der Waals surface area contributed by atoms with Crippen molar-refractivity contribution in [3.05, 3.63) is 35.8 Å². The SMILES string of the molecule is COc1ccc(C(=O)N2CCC(c3[nH]ncc3S(C)(=O)=O)C2)cn1. The quantitative estimate of drug-likeness (QED) is 0.876. The van der Waals surface area contributed by atoms with E-state index in [0.29, 0.717) is 36.6 Å². The molecule has 9 heteroatoms. The molecule has 2 aromatic heterocycles. The Bertz CT molecular complexity index is 845. The fourth-order valence-electron chi connectivity index (χ4n) is 2.86. The zero-order valence-corrected chi connectivity index (χ0v) is 14.2. The molecule has 1 amide bonds. The number of carbonyl (C=O) groups excluding carboxylic acids is 1. The van der Waals surface area contributed by atoms with Gasteiger partial charge in [-0.2, -0.15) is 5.10 Å². The number of likely N-dealkylation sites (tertiary alicyclic amines) is 1. The summed E-state index contributed by atoms with van der Waals surface area (Å²) in [6.07, 6.45) is 4.64. The second kappa shape index (κ2) is 6.23. The van der Waals surface area contributed by atoms with Crippen molar-refractivity contribution >= 4 is 15.7 Å². The molecule has 3 heterocycles. The average molecular weight is 350 g/mol. The van der Waals surface area contributed by atoms with Gasteiger partial charge in [-0.15, -0.1) is 0 Å². The van der Waals surface area contributed by atoms with Gasteiger partial charge in [-0.25, -0.2) is 13.4 Å². The van der Waals surface area contributed by atoms with Crippen molar-refractivity contribution in [1.82, 2.24) is 20.1 Å². The van der Waals surface area contributed by atoms with Crippen molar-refractivity contribution in [3.63, 3.8) is 0 Å². The number of nitrogens with zero attached hydrogens (tertiary/aromatic N) is 3. The van der Waals surface area contributed by atoms with E-state index in [-0.39, 0.29) is 16.7 Å². The molecule has 1 saturated heterocycles. The van der Waals surface area contributed by atoms with Crippen LogP contribution >= 0.6 is 0 Å². The number of aromatic nitrogens is 3. The molecule has 0 radical (unpaired) electrons. The highest BCUT2D eigenvalue weighted by atomic mass is 32.2.